The molecule has 0 saturated carbocycles. The quantitative estimate of drug-likeness (QED) is 0.365. The van der Waals surface area contributed by atoms with Crippen molar-refractivity contribution in [2.45, 2.75) is 55.8 Å². The second-order valence-corrected chi connectivity index (χ2v) is 8.28. The van der Waals surface area contributed by atoms with Gasteiger partial charge in [-0.05, 0) is 25.0 Å². The van der Waals surface area contributed by atoms with Crippen LogP contribution in [0.1, 0.15) is 39.5 Å². The summed E-state index contributed by atoms with van der Waals surface area (Å²) in [7, 11) is 0. The highest BCUT2D eigenvalue weighted by molar-refractivity contribution is 8.00. The van der Waals surface area contributed by atoms with E-state index >= 15 is 0 Å². The van der Waals surface area contributed by atoms with Gasteiger partial charge in [0.2, 0.25) is 5.91 Å². The van der Waals surface area contributed by atoms with Gasteiger partial charge in [-0.1, -0.05) is 44.9 Å². The smallest absolute Gasteiger partial charge is 0.329 e. The van der Waals surface area contributed by atoms with Gasteiger partial charge in [0.1, 0.15) is 6.04 Å². The minimum absolute atomic E-state index is 0.0229. The fourth-order valence-corrected chi connectivity index (χ4v) is 5.02. The molecule has 1 aromatic carbocycles. The van der Waals surface area contributed by atoms with E-state index in [0.29, 0.717) is 18.1 Å². The summed E-state index contributed by atoms with van der Waals surface area (Å²) in [6.07, 6.45) is 3.75. The predicted molar refractivity (Wildman–Crippen MR) is 105 cm³/mol. The number of ether oxygens (including phenoxy) is 1. The molecule has 1 aliphatic heterocycles. The zero-order valence-corrected chi connectivity index (χ0v) is 16.6. The summed E-state index contributed by atoms with van der Waals surface area (Å²) < 4.78 is 5.38. The van der Waals surface area contributed by atoms with E-state index < -0.39 is 6.04 Å². The van der Waals surface area contributed by atoms with Crippen molar-refractivity contribution < 1.29 is 14.3 Å². The van der Waals surface area contributed by atoms with E-state index in [4.69, 9.17) is 4.74 Å². The van der Waals surface area contributed by atoms with Crippen LogP contribution in [0.2, 0.25) is 0 Å². The van der Waals surface area contributed by atoms with Gasteiger partial charge in [-0.3, -0.25) is 4.79 Å². The van der Waals surface area contributed by atoms with Gasteiger partial charge in [0.15, 0.2) is 0 Å². The second-order valence-electron chi connectivity index (χ2n) is 6.02. The first-order chi connectivity index (χ1) is 12.2. The highest BCUT2D eigenvalue weighted by Gasteiger charge is 2.41. The van der Waals surface area contributed by atoms with Crippen molar-refractivity contribution in [3.05, 3.63) is 30.3 Å². The lowest BCUT2D eigenvalue weighted by Gasteiger charge is -2.28. The Morgan fingerprint density at radius 3 is 2.68 bits per heavy atom. The third-order valence-corrected chi connectivity index (χ3v) is 6.39. The number of unbranched alkanes of at least 4 members (excludes halogenated alkanes) is 1. The predicted octanol–water partition coefficient (Wildman–Crippen LogP) is 4.19. The van der Waals surface area contributed by atoms with Crippen LogP contribution in [0, 0.1) is 0 Å². The molecule has 138 valence electrons. The first-order valence-corrected chi connectivity index (χ1v) is 11.0. The molecule has 1 aliphatic rings. The molecular weight excluding hydrogens is 354 g/mol. The van der Waals surface area contributed by atoms with Crippen LogP contribution in [0.4, 0.5) is 0 Å². The van der Waals surface area contributed by atoms with Crippen molar-refractivity contribution >= 4 is 35.4 Å². The zero-order chi connectivity index (χ0) is 18.1. The van der Waals surface area contributed by atoms with E-state index in [1.165, 1.54) is 11.8 Å². The average Bonchev–Trinajstić information content (AvgIpc) is 3.05. The van der Waals surface area contributed by atoms with Crippen LogP contribution < -0.4 is 0 Å². The van der Waals surface area contributed by atoms with E-state index in [0.717, 1.165) is 30.6 Å². The Hall–Kier alpha value is -1.14. The molecule has 0 spiro atoms. The first-order valence-electron chi connectivity index (χ1n) is 8.94. The maximum Gasteiger partial charge on any atom is 0.329 e. The van der Waals surface area contributed by atoms with Gasteiger partial charge in [-0.25, -0.2) is 4.79 Å². The number of amides is 1. The third-order valence-electron chi connectivity index (χ3n) is 4.04. The molecule has 2 atom stereocenters. The van der Waals surface area contributed by atoms with Crippen molar-refractivity contribution in [3.63, 3.8) is 0 Å². The SMILES string of the molecule is CCCCOC(=O)C1CSC(CCC)N1C(=O)CSc1ccccc1. The summed E-state index contributed by atoms with van der Waals surface area (Å²) >= 11 is 3.21. The normalized spacial score (nSPS) is 19.8. The van der Waals surface area contributed by atoms with Crippen LogP contribution in [-0.4, -0.2) is 46.3 Å². The Bertz CT molecular complexity index is 553. The molecule has 6 heteroatoms. The summed E-state index contributed by atoms with van der Waals surface area (Å²) in [5.41, 5.74) is 0. The maximum absolute atomic E-state index is 12.8. The molecule has 1 heterocycles. The van der Waals surface area contributed by atoms with Crippen molar-refractivity contribution in [3.8, 4) is 0 Å². The fraction of sp³-hybridized carbons (Fsp3) is 0.579. The molecule has 1 fully saturated rings. The highest BCUT2D eigenvalue weighted by Crippen LogP contribution is 2.33. The van der Waals surface area contributed by atoms with Crippen LogP contribution in [-0.2, 0) is 14.3 Å². The first kappa shape index (κ1) is 20.2. The number of rotatable bonds is 9. The summed E-state index contributed by atoms with van der Waals surface area (Å²) in [5.74, 6) is 0.758. The summed E-state index contributed by atoms with van der Waals surface area (Å²) in [6.45, 7) is 4.61. The summed E-state index contributed by atoms with van der Waals surface area (Å²) in [4.78, 5) is 28.1. The molecule has 2 rings (SSSR count). The lowest BCUT2D eigenvalue weighted by atomic mass is 10.2. The topological polar surface area (TPSA) is 46.6 Å². The lowest BCUT2D eigenvalue weighted by molar-refractivity contribution is -0.153. The van der Waals surface area contributed by atoms with Crippen LogP contribution in [0.5, 0.6) is 0 Å². The number of benzene rings is 1. The van der Waals surface area contributed by atoms with Crippen LogP contribution >= 0.6 is 23.5 Å². The third kappa shape index (κ3) is 5.96. The summed E-state index contributed by atoms with van der Waals surface area (Å²) in [6, 6.07) is 9.44. The zero-order valence-electron chi connectivity index (χ0n) is 15.0. The number of hydrogen-bond acceptors (Lipinski definition) is 5. The molecule has 0 aromatic heterocycles. The minimum Gasteiger partial charge on any atom is -0.464 e. The number of carbonyl (C=O) groups excluding carboxylic acids is 2. The largest absolute Gasteiger partial charge is 0.464 e. The Morgan fingerprint density at radius 1 is 1.24 bits per heavy atom. The monoisotopic (exact) mass is 381 g/mol. The molecule has 0 aliphatic carbocycles. The average molecular weight is 382 g/mol. The summed E-state index contributed by atoms with van der Waals surface area (Å²) in [5, 5.41) is 0.0811. The molecule has 0 radical (unpaired) electrons. The molecular formula is C19H27NO3S2. The maximum atomic E-state index is 12.8. The van der Waals surface area contributed by atoms with Gasteiger partial charge in [0, 0.05) is 10.6 Å². The molecule has 25 heavy (non-hydrogen) atoms. The van der Waals surface area contributed by atoms with Gasteiger partial charge in [0.25, 0.3) is 0 Å². The van der Waals surface area contributed by atoms with E-state index in [1.807, 2.05) is 30.3 Å². The molecule has 1 saturated heterocycles. The van der Waals surface area contributed by atoms with Crippen molar-refractivity contribution in [1.29, 1.82) is 0 Å². The van der Waals surface area contributed by atoms with Crippen molar-refractivity contribution in [1.82, 2.24) is 4.90 Å². The number of hydrogen-bond donors (Lipinski definition) is 0. The molecule has 1 aromatic rings. The van der Waals surface area contributed by atoms with Crippen LogP contribution in [0.15, 0.2) is 35.2 Å². The number of nitrogens with zero attached hydrogens (tertiary/aromatic N) is 1. The van der Waals surface area contributed by atoms with Gasteiger partial charge in [-0.2, -0.15) is 0 Å². The van der Waals surface area contributed by atoms with Gasteiger partial charge in [-0.15, -0.1) is 23.5 Å². The van der Waals surface area contributed by atoms with E-state index in [9.17, 15) is 9.59 Å². The molecule has 0 bridgehead atoms. The molecule has 0 N–H and O–H groups in total. The van der Waals surface area contributed by atoms with Crippen LogP contribution in [0.3, 0.4) is 0 Å². The lowest BCUT2D eigenvalue weighted by Crippen LogP contribution is -2.47. The molecule has 1 amide bonds. The van der Waals surface area contributed by atoms with Crippen LogP contribution in [0.25, 0.3) is 0 Å². The standard InChI is InChI=1S/C19H27NO3S2/c1-3-5-12-23-19(22)16-13-25-18(9-4-2)20(16)17(21)14-24-15-10-7-6-8-11-15/h6-8,10-11,16,18H,3-5,9,12-14H2,1-2H3. The number of carbonyl (C=O) groups is 2. The number of esters is 1. The van der Waals surface area contributed by atoms with Crippen molar-refractivity contribution in [2.24, 2.45) is 0 Å². The van der Waals surface area contributed by atoms with E-state index in [1.54, 1.807) is 16.7 Å². The Balaban J connectivity index is 1.99. The van der Waals surface area contributed by atoms with Gasteiger partial charge >= 0.3 is 5.97 Å². The fourth-order valence-electron chi connectivity index (χ4n) is 2.70. The van der Waals surface area contributed by atoms with Gasteiger partial charge < -0.3 is 9.64 Å². The van der Waals surface area contributed by atoms with Crippen molar-refractivity contribution in [2.75, 3.05) is 18.1 Å². The van der Waals surface area contributed by atoms with Gasteiger partial charge in [0.05, 0.1) is 17.7 Å². The Labute approximate surface area is 159 Å². The highest BCUT2D eigenvalue weighted by atomic mass is 32.2. The Morgan fingerprint density at radius 2 is 2.00 bits per heavy atom. The molecule has 4 nitrogen and oxygen atoms in total. The van der Waals surface area contributed by atoms with E-state index in [-0.39, 0.29) is 17.3 Å². The minimum atomic E-state index is -0.442. The number of thioether (sulfide) groups is 2. The van der Waals surface area contributed by atoms with E-state index in [2.05, 4.69) is 13.8 Å². The Kier molecular flexibility index (Phi) is 8.68. The second kappa shape index (κ2) is 10.8. The molecule has 2 unspecified atom stereocenters.